The Labute approximate surface area is 229 Å². The van der Waals surface area contributed by atoms with Gasteiger partial charge < -0.3 is 25.3 Å². The maximum absolute atomic E-state index is 13.0. The minimum absolute atomic E-state index is 0.0647. The summed E-state index contributed by atoms with van der Waals surface area (Å²) in [4.78, 5) is 31.8. The fourth-order valence-corrected chi connectivity index (χ4v) is 5.19. The highest BCUT2D eigenvalue weighted by Crippen LogP contribution is 2.35. The van der Waals surface area contributed by atoms with E-state index in [1.54, 1.807) is 69.5 Å². The third-order valence-corrected chi connectivity index (χ3v) is 7.29. The third kappa shape index (κ3) is 5.02. The van der Waals surface area contributed by atoms with Crippen LogP contribution in [-0.2, 0) is 11.2 Å². The van der Waals surface area contributed by atoms with Crippen molar-refractivity contribution in [2.75, 3.05) is 38.7 Å². The van der Waals surface area contributed by atoms with Crippen molar-refractivity contribution >= 4 is 46.4 Å². The van der Waals surface area contributed by atoms with E-state index < -0.39 is 11.9 Å². The quantitative estimate of drug-likeness (QED) is 0.409. The topological polar surface area (TPSA) is 118 Å². The highest BCUT2D eigenvalue weighted by atomic mass is 35.5. The molecule has 2 amide bonds. The Morgan fingerprint density at radius 3 is 2.61 bits per heavy atom. The Morgan fingerprint density at radius 1 is 1.18 bits per heavy atom. The summed E-state index contributed by atoms with van der Waals surface area (Å²) in [7, 11) is 1.52. The van der Waals surface area contributed by atoms with Crippen LogP contribution in [0.1, 0.15) is 27.8 Å². The zero-order valence-electron chi connectivity index (χ0n) is 20.7. The van der Waals surface area contributed by atoms with E-state index in [2.05, 4.69) is 15.7 Å². The van der Waals surface area contributed by atoms with Crippen molar-refractivity contribution < 1.29 is 14.3 Å². The molecule has 38 heavy (non-hydrogen) atoms. The molecule has 0 saturated carbocycles. The molecular weight excluding hydrogens is 529 g/mol. The summed E-state index contributed by atoms with van der Waals surface area (Å²) >= 11 is 12.9. The first-order valence-corrected chi connectivity index (χ1v) is 12.8. The average molecular weight is 556 g/mol. The number of amides is 2. The van der Waals surface area contributed by atoms with Crippen molar-refractivity contribution in [2.24, 2.45) is 5.73 Å². The lowest BCUT2D eigenvalue weighted by atomic mass is 10.1. The van der Waals surface area contributed by atoms with Crippen LogP contribution in [0.5, 0.6) is 5.75 Å². The average Bonchev–Trinajstić information content (AvgIpc) is 3.40. The van der Waals surface area contributed by atoms with Crippen LogP contribution in [0, 0.1) is 0 Å². The summed E-state index contributed by atoms with van der Waals surface area (Å²) in [6, 6.07) is 9.58. The molecule has 1 saturated heterocycles. The summed E-state index contributed by atoms with van der Waals surface area (Å²) in [5.74, 6) is 0.216. The van der Waals surface area contributed by atoms with E-state index >= 15 is 0 Å². The van der Waals surface area contributed by atoms with Gasteiger partial charge in [-0.3, -0.25) is 20.0 Å². The normalized spacial score (nSPS) is 17.0. The maximum atomic E-state index is 13.0. The number of nitrogens with two attached hydrogens (primary N) is 1. The number of allylic oxidation sites excluding steroid dienone is 1. The van der Waals surface area contributed by atoms with E-state index in [4.69, 9.17) is 33.7 Å². The monoisotopic (exact) mass is 555 g/mol. The number of ether oxygens (including phenoxy) is 1. The number of carbonyl (C=O) groups is 2. The first-order chi connectivity index (χ1) is 18.4. The van der Waals surface area contributed by atoms with E-state index in [0.29, 0.717) is 52.4 Å². The molecule has 198 valence electrons. The molecule has 0 bridgehead atoms. The summed E-state index contributed by atoms with van der Waals surface area (Å²) in [5.41, 5.74) is 11.6. The van der Waals surface area contributed by atoms with Gasteiger partial charge in [0.2, 0.25) is 5.91 Å². The smallest absolute Gasteiger partial charge is 0.254 e. The Kier molecular flexibility index (Phi) is 7.46. The zero-order chi connectivity index (χ0) is 26.8. The van der Waals surface area contributed by atoms with Gasteiger partial charge in [0.1, 0.15) is 11.6 Å². The van der Waals surface area contributed by atoms with Gasteiger partial charge >= 0.3 is 0 Å². The van der Waals surface area contributed by atoms with Gasteiger partial charge in [-0.05, 0) is 35.9 Å². The predicted molar refractivity (Wildman–Crippen MR) is 146 cm³/mol. The number of methoxy groups -OCH3 is 1. The summed E-state index contributed by atoms with van der Waals surface area (Å²) in [5, 5.41) is 5.89. The number of carbonyl (C=O) groups excluding carboxylic acids is 2. The van der Waals surface area contributed by atoms with Gasteiger partial charge in [0.15, 0.2) is 6.04 Å². The summed E-state index contributed by atoms with van der Waals surface area (Å²) in [6.45, 7) is 2.81. The number of aromatic nitrogens is 2. The SMILES string of the molecule is COc1cc(C(=O)N2CCNCC2)ccc1NN1C=C(Cc2c(Cl)cccc2Cl)n2ccnc2C1C(N)=O. The summed E-state index contributed by atoms with van der Waals surface area (Å²) < 4.78 is 7.41. The number of rotatable bonds is 7. The lowest BCUT2D eigenvalue weighted by molar-refractivity contribution is -0.122. The highest BCUT2D eigenvalue weighted by Gasteiger charge is 2.34. The van der Waals surface area contributed by atoms with Gasteiger partial charge in [-0.15, -0.1) is 0 Å². The molecule has 0 radical (unpaired) electrons. The van der Waals surface area contributed by atoms with Gasteiger partial charge in [-0.2, -0.15) is 0 Å². The fraction of sp³-hybridized carbons (Fsp3) is 0.269. The van der Waals surface area contributed by atoms with Crippen LogP contribution in [0.2, 0.25) is 10.0 Å². The van der Waals surface area contributed by atoms with Crippen molar-refractivity contribution in [3.05, 3.63) is 82.0 Å². The Morgan fingerprint density at radius 2 is 1.92 bits per heavy atom. The fourth-order valence-electron chi connectivity index (χ4n) is 4.66. The van der Waals surface area contributed by atoms with Crippen LogP contribution in [0.4, 0.5) is 5.69 Å². The first kappa shape index (κ1) is 25.9. The molecule has 1 unspecified atom stereocenters. The van der Waals surface area contributed by atoms with E-state index in [-0.39, 0.29) is 5.91 Å². The number of imidazole rings is 1. The number of fused-ring (bicyclic) bond motifs is 1. The van der Waals surface area contributed by atoms with Gasteiger partial charge in [0, 0.05) is 72.5 Å². The number of nitrogens with zero attached hydrogens (tertiary/aromatic N) is 4. The Bertz CT molecular complexity index is 1380. The van der Waals surface area contributed by atoms with Gasteiger partial charge in [-0.1, -0.05) is 29.3 Å². The number of hydrogen-bond acceptors (Lipinski definition) is 7. The van der Waals surface area contributed by atoms with Crippen molar-refractivity contribution in [1.82, 2.24) is 24.8 Å². The third-order valence-electron chi connectivity index (χ3n) is 6.58. The van der Waals surface area contributed by atoms with E-state index in [9.17, 15) is 9.59 Å². The van der Waals surface area contributed by atoms with E-state index in [1.807, 2.05) is 0 Å². The van der Waals surface area contributed by atoms with Crippen LogP contribution < -0.4 is 21.2 Å². The lowest BCUT2D eigenvalue weighted by Gasteiger charge is -2.35. The number of piperazine rings is 1. The van der Waals surface area contributed by atoms with Gasteiger partial charge in [-0.25, -0.2) is 4.98 Å². The van der Waals surface area contributed by atoms with Crippen molar-refractivity contribution in [3.63, 3.8) is 0 Å². The number of hydrogen-bond donors (Lipinski definition) is 3. The predicted octanol–water partition coefficient (Wildman–Crippen LogP) is 3.15. The molecule has 4 N–H and O–H groups in total. The molecular formula is C26H27Cl2N7O3. The number of halogens is 2. The molecule has 1 aromatic heterocycles. The second-order valence-electron chi connectivity index (χ2n) is 8.93. The van der Waals surface area contributed by atoms with Crippen LogP contribution in [0.25, 0.3) is 5.70 Å². The minimum atomic E-state index is -0.915. The molecule has 12 heteroatoms. The number of primary amides is 1. The van der Waals surface area contributed by atoms with Crippen molar-refractivity contribution in [2.45, 2.75) is 12.5 Å². The molecule has 5 rings (SSSR count). The van der Waals surface area contributed by atoms with Crippen LogP contribution in [0.15, 0.2) is 55.0 Å². The molecule has 2 aliphatic rings. The Balaban J connectivity index is 1.48. The molecule has 0 spiro atoms. The minimum Gasteiger partial charge on any atom is -0.494 e. The molecule has 0 aliphatic carbocycles. The molecule has 2 aromatic carbocycles. The second-order valence-corrected chi connectivity index (χ2v) is 9.75. The molecule has 3 aromatic rings. The van der Waals surface area contributed by atoms with Crippen molar-refractivity contribution in [1.29, 1.82) is 0 Å². The lowest BCUT2D eigenvalue weighted by Crippen LogP contribution is -2.46. The van der Waals surface area contributed by atoms with E-state index in [1.165, 1.54) is 7.11 Å². The number of hydrazine groups is 1. The Hall–Kier alpha value is -3.73. The standard InChI is InChI=1S/C26H27Cl2N7O3/c1-38-22-13-16(26(37)33-10-7-30-8-11-33)5-6-21(22)32-35-15-17(14-18-19(27)3-2-4-20(18)28)34-12-9-31-25(34)23(35)24(29)36/h2-6,9,12-13,15,23,30,32H,7-8,10-11,14H2,1H3,(H2,29,36). The molecule has 10 nitrogen and oxygen atoms in total. The van der Waals surface area contributed by atoms with Gasteiger partial charge in [0.05, 0.1) is 12.8 Å². The highest BCUT2D eigenvalue weighted by molar-refractivity contribution is 6.36. The first-order valence-electron chi connectivity index (χ1n) is 12.1. The van der Waals surface area contributed by atoms with Crippen molar-refractivity contribution in [3.8, 4) is 5.75 Å². The largest absolute Gasteiger partial charge is 0.494 e. The number of nitrogens with one attached hydrogen (secondary N) is 2. The molecule has 1 atom stereocenters. The zero-order valence-corrected chi connectivity index (χ0v) is 22.2. The van der Waals surface area contributed by atoms with Crippen LogP contribution in [0.3, 0.4) is 0 Å². The van der Waals surface area contributed by atoms with Crippen LogP contribution in [-0.4, -0.2) is 64.6 Å². The van der Waals surface area contributed by atoms with Crippen LogP contribution >= 0.6 is 23.2 Å². The number of benzene rings is 2. The van der Waals surface area contributed by atoms with E-state index in [0.717, 1.165) is 24.4 Å². The molecule has 2 aliphatic heterocycles. The summed E-state index contributed by atoms with van der Waals surface area (Å²) in [6.07, 6.45) is 5.51. The number of anilines is 1. The van der Waals surface area contributed by atoms with Gasteiger partial charge in [0.25, 0.3) is 5.91 Å². The molecule has 1 fully saturated rings. The maximum Gasteiger partial charge on any atom is 0.254 e. The molecule has 3 heterocycles. The second kappa shape index (κ2) is 10.9.